The number of hydrogen-bond donors (Lipinski definition) is 1. The Morgan fingerprint density at radius 3 is 2.00 bits per heavy atom. The van der Waals surface area contributed by atoms with E-state index < -0.39 is 16.0 Å². The third-order valence-electron chi connectivity index (χ3n) is 4.73. The number of benzene rings is 1. The van der Waals surface area contributed by atoms with E-state index in [1.165, 1.54) is 10.7 Å². The van der Waals surface area contributed by atoms with E-state index in [-0.39, 0.29) is 5.92 Å². The number of carbonyl (C=O) groups is 1. The summed E-state index contributed by atoms with van der Waals surface area (Å²) in [5.41, 5.74) is 0. The van der Waals surface area contributed by atoms with Crippen molar-refractivity contribution in [3.8, 4) is 0 Å². The molecule has 0 unspecified atom stereocenters. The molecule has 1 N–H and O–H groups in total. The van der Waals surface area contributed by atoms with Gasteiger partial charge in [-0.2, -0.15) is 0 Å². The van der Waals surface area contributed by atoms with Gasteiger partial charge in [0.05, 0.1) is 10.8 Å². The summed E-state index contributed by atoms with van der Waals surface area (Å²) in [5.74, 6) is -0.941. The molecule has 0 aliphatic heterocycles. The highest BCUT2D eigenvalue weighted by Crippen LogP contribution is 2.16. The average molecular weight is 384 g/mol. The minimum Gasteiger partial charge on any atom is -0.481 e. The molecule has 0 amide bonds. The molecule has 1 aromatic rings. The smallest absolute Gasteiger partial charge is 0.306 e. The van der Waals surface area contributed by atoms with Crippen molar-refractivity contribution in [3.63, 3.8) is 0 Å². The Morgan fingerprint density at radius 1 is 0.962 bits per heavy atom. The molecule has 0 bridgehead atoms. The lowest BCUT2D eigenvalue weighted by atomic mass is 10.0. The lowest BCUT2D eigenvalue weighted by molar-refractivity contribution is -0.141. The molecule has 0 heterocycles. The molecule has 6 heteroatoms. The van der Waals surface area contributed by atoms with Crippen LogP contribution < -0.4 is 0 Å². The number of hydrogen-bond acceptors (Lipinski definition) is 3. The standard InChI is InChI=1S/C20H33NO4S/c1-18(20(22)23)14-10-7-5-3-4-6-8-13-17-21(2)26(24,25)19-15-11-9-12-16-19/h9,11-12,15-16,18H,3-8,10,13-14,17H2,1-2H3,(H,22,23)/t18-/m0/s1. The molecule has 0 spiro atoms. The number of rotatable bonds is 14. The van der Waals surface area contributed by atoms with Crippen molar-refractivity contribution < 1.29 is 18.3 Å². The van der Waals surface area contributed by atoms with Gasteiger partial charge in [0.1, 0.15) is 0 Å². The van der Waals surface area contributed by atoms with Gasteiger partial charge in [-0.05, 0) is 25.0 Å². The van der Waals surface area contributed by atoms with Gasteiger partial charge in [-0.3, -0.25) is 4.79 Å². The molecule has 26 heavy (non-hydrogen) atoms. The van der Waals surface area contributed by atoms with E-state index in [2.05, 4.69) is 0 Å². The second-order valence-corrected chi connectivity index (χ2v) is 9.04. The SMILES string of the molecule is C[C@@H](CCCCCCCCCCN(C)S(=O)(=O)c1ccccc1)C(=O)O. The number of carboxylic acid groups (broad SMARTS) is 1. The Kier molecular flexibility index (Phi) is 10.5. The van der Waals surface area contributed by atoms with Crippen molar-refractivity contribution in [2.75, 3.05) is 13.6 Å². The highest BCUT2D eigenvalue weighted by Gasteiger charge is 2.19. The van der Waals surface area contributed by atoms with E-state index in [4.69, 9.17) is 5.11 Å². The van der Waals surface area contributed by atoms with Gasteiger partial charge in [0.2, 0.25) is 10.0 Å². The summed E-state index contributed by atoms with van der Waals surface area (Å²) < 4.78 is 26.2. The molecule has 5 nitrogen and oxygen atoms in total. The fraction of sp³-hybridized carbons (Fsp3) is 0.650. The summed E-state index contributed by atoms with van der Waals surface area (Å²) in [4.78, 5) is 11.1. The molecule has 1 rings (SSSR count). The normalized spacial score (nSPS) is 13.0. The van der Waals surface area contributed by atoms with E-state index in [1.54, 1.807) is 38.2 Å². The summed E-state index contributed by atoms with van der Waals surface area (Å²) in [5, 5.41) is 8.82. The summed E-state index contributed by atoms with van der Waals surface area (Å²) in [7, 11) is -1.73. The second-order valence-electron chi connectivity index (χ2n) is 7.00. The number of carboxylic acids is 1. The number of nitrogens with zero attached hydrogens (tertiary/aromatic N) is 1. The van der Waals surface area contributed by atoms with Crippen molar-refractivity contribution in [1.29, 1.82) is 0 Å². The lowest BCUT2D eigenvalue weighted by Crippen LogP contribution is -2.27. The topological polar surface area (TPSA) is 74.7 Å². The van der Waals surface area contributed by atoms with Crippen LogP contribution in [0.25, 0.3) is 0 Å². The van der Waals surface area contributed by atoms with E-state index in [1.807, 2.05) is 6.07 Å². The molecule has 0 saturated carbocycles. The Hall–Kier alpha value is -1.40. The molecule has 0 radical (unpaired) electrons. The molecule has 0 aliphatic carbocycles. The molecule has 148 valence electrons. The van der Waals surface area contributed by atoms with Crippen molar-refractivity contribution in [2.24, 2.45) is 5.92 Å². The van der Waals surface area contributed by atoms with Crippen LogP contribution in [-0.4, -0.2) is 37.4 Å². The van der Waals surface area contributed by atoms with Crippen molar-refractivity contribution in [2.45, 2.75) is 69.6 Å². The predicted octanol–water partition coefficient (Wildman–Crippen LogP) is 4.54. The van der Waals surface area contributed by atoms with Gasteiger partial charge in [0.15, 0.2) is 0 Å². The quantitative estimate of drug-likeness (QED) is 0.479. The maximum absolute atomic E-state index is 12.4. The van der Waals surface area contributed by atoms with Crippen LogP contribution >= 0.6 is 0 Å². The van der Waals surface area contributed by atoms with Gasteiger partial charge in [0.25, 0.3) is 0 Å². The summed E-state index contributed by atoms with van der Waals surface area (Å²) >= 11 is 0. The van der Waals surface area contributed by atoms with E-state index >= 15 is 0 Å². The number of unbranched alkanes of at least 4 members (excludes halogenated alkanes) is 7. The molecular weight excluding hydrogens is 350 g/mol. The second kappa shape index (κ2) is 12.1. The van der Waals surface area contributed by atoms with E-state index in [0.717, 1.165) is 51.4 Å². The summed E-state index contributed by atoms with van der Waals surface area (Å²) in [6, 6.07) is 8.55. The van der Waals surface area contributed by atoms with Crippen LogP contribution in [0.3, 0.4) is 0 Å². The fourth-order valence-electron chi connectivity index (χ4n) is 2.86. The fourth-order valence-corrected chi connectivity index (χ4v) is 4.09. The molecule has 1 atom stereocenters. The molecule has 0 aromatic heterocycles. The van der Waals surface area contributed by atoms with E-state index in [9.17, 15) is 13.2 Å². The largest absolute Gasteiger partial charge is 0.481 e. The predicted molar refractivity (Wildman–Crippen MR) is 105 cm³/mol. The van der Waals surface area contributed by atoms with Crippen LogP contribution in [0.4, 0.5) is 0 Å². The highest BCUT2D eigenvalue weighted by molar-refractivity contribution is 7.89. The minimum atomic E-state index is -3.37. The van der Waals surface area contributed by atoms with Crippen molar-refractivity contribution in [3.05, 3.63) is 30.3 Å². The zero-order chi connectivity index (χ0) is 19.4. The van der Waals surface area contributed by atoms with Crippen molar-refractivity contribution >= 4 is 16.0 Å². The summed E-state index contributed by atoms with van der Waals surface area (Å²) in [6.45, 7) is 2.31. The van der Waals surface area contributed by atoms with Gasteiger partial charge < -0.3 is 5.11 Å². The molecule has 0 aliphatic rings. The monoisotopic (exact) mass is 383 g/mol. The molecule has 1 aromatic carbocycles. The number of sulfonamides is 1. The van der Waals surface area contributed by atoms with Crippen LogP contribution in [0.2, 0.25) is 0 Å². The Bertz CT molecular complexity index is 616. The van der Waals surface area contributed by atoms with Gasteiger partial charge in [-0.25, -0.2) is 12.7 Å². The third-order valence-corrected chi connectivity index (χ3v) is 6.60. The number of aliphatic carboxylic acids is 1. The first kappa shape index (κ1) is 22.6. The third kappa shape index (κ3) is 8.32. The first-order valence-corrected chi connectivity index (χ1v) is 11.0. The zero-order valence-electron chi connectivity index (χ0n) is 16.1. The Balaban J connectivity index is 2.06. The first-order valence-electron chi connectivity index (χ1n) is 9.60. The maximum Gasteiger partial charge on any atom is 0.306 e. The van der Waals surface area contributed by atoms with Crippen LogP contribution in [0.5, 0.6) is 0 Å². The van der Waals surface area contributed by atoms with Gasteiger partial charge in [-0.15, -0.1) is 0 Å². The average Bonchev–Trinajstić information content (AvgIpc) is 2.63. The Labute approximate surface area is 158 Å². The zero-order valence-corrected chi connectivity index (χ0v) is 16.9. The molecule has 0 saturated heterocycles. The van der Waals surface area contributed by atoms with E-state index in [0.29, 0.717) is 11.4 Å². The molecular formula is C20H33NO4S. The van der Waals surface area contributed by atoms with Crippen LogP contribution in [-0.2, 0) is 14.8 Å². The van der Waals surface area contributed by atoms with Gasteiger partial charge in [0, 0.05) is 13.6 Å². The Morgan fingerprint density at radius 2 is 1.46 bits per heavy atom. The van der Waals surface area contributed by atoms with Crippen LogP contribution in [0.1, 0.15) is 64.7 Å². The lowest BCUT2D eigenvalue weighted by Gasteiger charge is -2.17. The van der Waals surface area contributed by atoms with Crippen molar-refractivity contribution in [1.82, 2.24) is 4.31 Å². The van der Waals surface area contributed by atoms with Gasteiger partial charge >= 0.3 is 5.97 Å². The van der Waals surface area contributed by atoms with Crippen LogP contribution in [0.15, 0.2) is 35.2 Å². The minimum absolute atomic E-state index is 0.237. The maximum atomic E-state index is 12.4. The van der Waals surface area contributed by atoms with Gasteiger partial charge in [-0.1, -0.05) is 70.1 Å². The molecule has 0 fully saturated rings. The van der Waals surface area contributed by atoms with Crippen LogP contribution in [0, 0.1) is 5.92 Å². The highest BCUT2D eigenvalue weighted by atomic mass is 32.2. The summed E-state index contributed by atoms with van der Waals surface area (Å²) in [6.07, 6.45) is 9.33. The first-order chi connectivity index (χ1) is 12.4.